The second-order valence-electron chi connectivity index (χ2n) is 9.88. The maximum absolute atomic E-state index is 14.2. The zero-order valence-corrected chi connectivity index (χ0v) is 22.4. The molecule has 2 aliphatic heterocycles. The number of thiophene rings is 1. The monoisotopic (exact) mass is 545 g/mol. The van der Waals surface area contributed by atoms with E-state index in [1.54, 1.807) is 30.4 Å². The summed E-state index contributed by atoms with van der Waals surface area (Å²) in [6, 6.07) is 11.4. The maximum atomic E-state index is 14.2. The minimum atomic E-state index is -0.669. The van der Waals surface area contributed by atoms with Crippen LogP contribution in [0, 0.1) is 12.7 Å². The third-order valence-electron chi connectivity index (χ3n) is 7.34. The van der Waals surface area contributed by atoms with Gasteiger partial charge in [-0.3, -0.25) is 9.69 Å². The van der Waals surface area contributed by atoms with Crippen molar-refractivity contribution in [3.05, 3.63) is 82.5 Å². The number of halogens is 1. The van der Waals surface area contributed by atoms with Crippen LogP contribution in [0.2, 0.25) is 0 Å². The standard InChI is InChI=1S/C29H28FN5O3S/c1-19-31-17-22(18-32-19)29(37)38-35-25-14-20(2-3-21(25)4-5-28(35)36)6-8-33-9-11-34(12-10-33)26-15-23(30)16-27-24(26)7-13-39-27/h2-3,7,13-18H,4-6,8-12H2,1H3. The molecule has 2 aromatic carbocycles. The Bertz CT molecular complexity index is 1530. The van der Waals surface area contributed by atoms with Crippen LogP contribution in [-0.4, -0.2) is 59.5 Å². The molecule has 1 fully saturated rings. The number of carbonyl (C=O) groups is 2. The summed E-state index contributed by atoms with van der Waals surface area (Å²) in [6.45, 7) is 6.02. The fourth-order valence-electron chi connectivity index (χ4n) is 5.16. The molecule has 0 spiro atoms. The van der Waals surface area contributed by atoms with Crippen molar-refractivity contribution in [3.8, 4) is 0 Å². The molecule has 1 saturated heterocycles. The molecule has 1 amide bonds. The van der Waals surface area contributed by atoms with Crippen LogP contribution in [0.3, 0.4) is 0 Å². The van der Waals surface area contributed by atoms with E-state index in [1.165, 1.54) is 12.4 Å². The average molecular weight is 546 g/mol. The highest BCUT2D eigenvalue weighted by molar-refractivity contribution is 7.17. The predicted molar refractivity (Wildman–Crippen MR) is 149 cm³/mol. The molecule has 200 valence electrons. The number of benzene rings is 2. The van der Waals surface area contributed by atoms with Crippen LogP contribution in [0.5, 0.6) is 0 Å². The Balaban J connectivity index is 1.10. The lowest BCUT2D eigenvalue weighted by molar-refractivity contribution is -0.124. The van der Waals surface area contributed by atoms with E-state index in [0.717, 1.165) is 71.1 Å². The Labute approximate surface area is 229 Å². The van der Waals surface area contributed by atoms with Crippen molar-refractivity contribution >= 4 is 44.7 Å². The Hall–Kier alpha value is -3.89. The number of nitrogens with zero attached hydrogens (tertiary/aromatic N) is 5. The largest absolute Gasteiger partial charge is 0.368 e. The molecule has 0 unspecified atom stereocenters. The molecule has 0 N–H and O–H groups in total. The van der Waals surface area contributed by atoms with Gasteiger partial charge in [0.1, 0.15) is 11.6 Å². The molecule has 39 heavy (non-hydrogen) atoms. The minimum Gasteiger partial charge on any atom is -0.368 e. The van der Waals surface area contributed by atoms with E-state index in [-0.39, 0.29) is 23.7 Å². The predicted octanol–water partition coefficient (Wildman–Crippen LogP) is 4.55. The highest BCUT2D eigenvalue weighted by Gasteiger charge is 2.29. The number of hydrogen-bond acceptors (Lipinski definition) is 8. The van der Waals surface area contributed by atoms with Gasteiger partial charge in [-0.1, -0.05) is 12.1 Å². The number of aromatic nitrogens is 2. The number of hydrogen-bond donors (Lipinski definition) is 0. The van der Waals surface area contributed by atoms with Gasteiger partial charge in [-0.2, -0.15) is 0 Å². The van der Waals surface area contributed by atoms with Crippen LogP contribution >= 0.6 is 11.3 Å². The quantitative estimate of drug-likeness (QED) is 0.352. The lowest BCUT2D eigenvalue weighted by Gasteiger charge is -2.36. The van der Waals surface area contributed by atoms with Gasteiger partial charge in [0.15, 0.2) is 0 Å². The second kappa shape index (κ2) is 10.7. The molecule has 4 heterocycles. The summed E-state index contributed by atoms with van der Waals surface area (Å²) < 4.78 is 15.1. The van der Waals surface area contributed by atoms with Gasteiger partial charge in [0, 0.05) is 67.3 Å². The van der Waals surface area contributed by atoms with Gasteiger partial charge in [0.05, 0.1) is 11.3 Å². The van der Waals surface area contributed by atoms with Crippen molar-refractivity contribution in [1.29, 1.82) is 0 Å². The van der Waals surface area contributed by atoms with Crippen LogP contribution in [0.15, 0.2) is 54.2 Å². The van der Waals surface area contributed by atoms with E-state index in [0.29, 0.717) is 17.9 Å². The number of fused-ring (bicyclic) bond motifs is 2. The molecule has 0 saturated carbocycles. The first-order valence-corrected chi connectivity index (χ1v) is 13.9. The van der Waals surface area contributed by atoms with Crippen molar-refractivity contribution in [1.82, 2.24) is 14.9 Å². The summed E-state index contributed by atoms with van der Waals surface area (Å²) in [7, 11) is 0. The number of rotatable bonds is 6. The Morgan fingerprint density at radius 3 is 2.62 bits per heavy atom. The van der Waals surface area contributed by atoms with Crippen molar-refractivity contribution in [2.45, 2.75) is 26.2 Å². The van der Waals surface area contributed by atoms with Gasteiger partial charge in [-0.25, -0.2) is 19.2 Å². The zero-order chi connectivity index (χ0) is 26.9. The van der Waals surface area contributed by atoms with Crippen LogP contribution in [-0.2, 0) is 22.5 Å². The van der Waals surface area contributed by atoms with E-state index in [4.69, 9.17) is 4.84 Å². The van der Waals surface area contributed by atoms with Gasteiger partial charge in [-0.05, 0) is 60.5 Å². The zero-order valence-electron chi connectivity index (χ0n) is 21.6. The Morgan fingerprint density at radius 2 is 1.82 bits per heavy atom. The topological polar surface area (TPSA) is 78.9 Å². The Kier molecular flexibility index (Phi) is 6.97. The van der Waals surface area contributed by atoms with Crippen molar-refractivity contribution in [2.75, 3.05) is 42.7 Å². The first-order chi connectivity index (χ1) is 18.9. The number of hydroxylamine groups is 1. The first-order valence-electron chi connectivity index (χ1n) is 13.0. The molecule has 0 radical (unpaired) electrons. The molecule has 0 atom stereocenters. The van der Waals surface area contributed by atoms with Crippen LogP contribution in [0.25, 0.3) is 10.1 Å². The molecule has 2 aliphatic rings. The molecule has 0 aliphatic carbocycles. The molecular weight excluding hydrogens is 517 g/mol. The summed E-state index contributed by atoms with van der Waals surface area (Å²) in [5.41, 5.74) is 3.80. The molecule has 4 aromatic rings. The van der Waals surface area contributed by atoms with E-state index in [9.17, 15) is 14.0 Å². The third-order valence-corrected chi connectivity index (χ3v) is 8.20. The van der Waals surface area contributed by atoms with Crippen molar-refractivity contribution in [2.24, 2.45) is 0 Å². The van der Waals surface area contributed by atoms with Crippen molar-refractivity contribution < 1.29 is 18.8 Å². The van der Waals surface area contributed by atoms with Gasteiger partial charge in [0.2, 0.25) is 0 Å². The van der Waals surface area contributed by atoms with Crippen LogP contribution in [0.4, 0.5) is 15.8 Å². The maximum Gasteiger partial charge on any atom is 0.366 e. The summed E-state index contributed by atoms with van der Waals surface area (Å²) >= 11 is 1.56. The van der Waals surface area contributed by atoms with Crippen LogP contribution in [0.1, 0.15) is 33.7 Å². The van der Waals surface area contributed by atoms with Gasteiger partial charge in [-0.15, -0.1) is 16.4 Å². The molecule has 8 nitrogen and oxygen atoms in total. The fraction of sp³-hybridized carbons (Fsp3) is 0.310. The van der Waals surface area contributed by atoms with Gasteiger partial charge in [0.25, 0.3) is 5.91 Å². The molecular formula is C29H28FN5O3S. The van der Waals surface area contributed by atoms with Crippen LogP contribution < -0.4 is 9.96 Å². The van der Waals surface area contributed by atoms with E-state index in [1.807, 2.05) is 17.5 Å². The smallest absolute Gasteiger partial charge is 0.366 e. The number of carbonyl (C=O) groups excluding carboxylic acids is 2. The minimum absolute atomic E-state index is 0.189. The molecule has 0 bridgehead atoms. The number of amides is 1. The first kappa shape index (κ1) is 25.4. The lowest BCUT2D eigenvalue weighted by atomic mass is 9.99. The third kappa shape index (κ3) is 5.35. The average Bonchev–Trinajstić information content (AvgIpc) is 3.42. The summed E-state index contributed by atoms with van der Waals surface area (Å²) in [5, 5.41) is 4.24. The lowest BCUT2D eigenvalue weighted by Crippen LogP contribution is -2.47. The molecule has 6 rings (SSSR count). The fourth-order valence-corrected chi connectivity index (χ4v) is 5.99. The number of anilines is 2. The summed E-state index contributed by atoms with van der Waals surface area (Å²) in [5.74, 6) is -0.572. The summed E-state index contributed by atoms with van der Waals surface area (Å²) in [6.07, 6.45) is 4.47. The van der Waals surface area contributed by atoms with Crippen molar-refractivity contribution in [3.63, 3.8) is 0 Å². The number of aryl methyl sites for hydroxylation is 2. The highest BCUT2D eigenvalue weighted by Crippen LogP contribution is 2.33. The Morgan fingerprint density at radius 1 is 1.03 bits per heavy atom. The van der Waals surface area contributed by atoms with Gasteiger partial charge < -0.3 is 9.74 Å². The normalized spacial score (nSPS) is 16.0. The van der Waals surface area contributed by atoms with E-state index < -0.39 is 5.97 Å². The second-order valence-corrected chi connectivity index (χ2v) is 10.8. The summed E-state index contributed by atoms with van der Waals surface area (Å²) in [4.78, 5) is 43.6. The number of piperazine rings is 1. The molecule has 10 heteroatoms. The molecule has 2 aromatic heterocycles. The van der Waals surface area contributed by atoms with E-state index >= 15 is 0 Å². The van der Waals surface area contributed by atoms with Gasteiger partial charge >= 0.3 is 5.97 Å². The SMILES string of the molecule is Cc1ncc(C(=O)ON2C(=O)CCc3ccc(CCN4CCN(c5cc(F)cc6sccc56)CC4)cc32)cn1. The van der Waals surface area contributed by atoms with E-state index in [2.05, 4.69) is 31.9 Å². The highest BCUT2D eigenvalue weighted by atomic mass is 32.1.